The number of phenols is 1. The van der Waals surface area contributed by atoms with Gasteiger partial charge >= 0.3 is 0 Å². The van der Waals surface area contributed by atoms with Crippen LogP contribution in [0.5, 0.6) is 11.5 Å². The molecule has 35 heavy (non-hydrogen) atoms. The summed E-state index contributed by atoms with van der Waals surface area (Å²) < 4.78 is 6.04. The van der Waals surface area contributed by atoms with E-state index < -0.39 is 0 Å². The maximum atomic E-state index is 11.8. The van der Waals surface area contributed by atoms with Gasteiger partial charge in [-0.2, -0.15) is 4.80 Å². The molecule has 0 atom stereocenters. The van der Waals surface area contributed by atoms with Gasteiger partial charge in [-0.25, -0.2) is 0 Å². The molecule has 8 heteroatoms. The van der Waals surface area contributed by atoms with Gasteiger partial charge in [0.05, 0.1) is 12.1 Å². The second-order valence-electron chi connectivity index (χ2n) is 8.41. The van der Waals surface area contributed by atoms with Crippen LogP contribution in [0.4, 0.5) is 0 Å². The minimum absolute atomic E-state index is 0.00921. The molecule has 0 saturated heterocycles. The highest BCUT2D eigenvalue weighted by Crippen LogP contribution is 2.33. The lowest BCUT2D eigenvalue weighted by Gasteiger charge is -2.15. The number of hydrogen-bond acceptors (Lipinski definition) is 7. The van der Waals surface area contributed by atoms with Gasteiger partial charge in [0.25, 0.3) is 0 Å². The third-order valence-electron chi connectivity index (χ3n) is 5.70. The highest BCUT2D eigenvalue weighted by atomic mass is 16.5. The Morgan fingerprint density at radius 2 is 1.94 bits per heavy atom. The molecule has 2 aromatic heterocycles. The number of rotatable bonds is 11. The molecule has 0 unspecified atom stereocenters. The molecule has 0 saturated carbocycles. The van der Waals surface area contributed by atoms with Crippen molar-refractivity contribution in [1.29, 1.82) is 0 Å². The first kappa shape index (κ1) is 24.1. The first-order valence-electron chi connectivity index (χ1n) is 11.8. The Balaban J connectivity index is 1.41. The second-order valence-corrected chi connectivity index (χ2v) is 8.41. The maximum absolute atomic E-state index is 11.8. The number of benzene rings is 2. The van der Waals surface area contributed by atoms with E-state index in [2.05, 4.69) is 26.5 Å². The van der Waals surface area contributed by atoms with Crippen molar-refractivity contribution in [3.8, 4) is 22.9 Å². The molecule has 0 aliphatic heterocycles. The van der Waals surface area contributed by atoms with Crippen LogP contribution >= 0.6 is 0 Å². The van der Waals surface area contributed by atoms with Crippen LogP contribution in [0, 0.1) is 0 Å². The number of Topliss-reactive ketones (excluding diaryl/α,β-unsaturated/α-hetero) is 1. The van der Waals surface area contributed by atoms with Crippen molar-refractivity contribution in [2.24, 2.45) is 0 Å². The number of aromatic hydroxyl groups is 1. The summed E-state index contributed by atoms with van der Waals surface area (Å²) in [5, 5.41) is 23.5. The van der Waals surface area contributed by atoms with Crippen molar-refractivity contribution >= 4 is 5.78 Å². The highest BCUT2D eigenvalue weighted by molar-refractivity contribution is 5.97. The summed E-state index contributed by atoms with van der Waals surface area (Å²) in [6.07, 6.45) is 6.88. The average molecular weight is 472 g/mol. The van der Waals surface area contributed by atoms with Crippen molar-refractivity contribution < 1.29 is 14.6 Å². The summed E-state index contributed by atoms with van der Waals surface area (Å²) in [5.41, 5.74) is 3.96. The van der Waals surface area contributed by atoms with Gasteiger partial charge in [-0.1, -0.05) is 37.6 Å². The van der Waals surface area contributed by atoms with Gasteiger partial charge in [0.2, 0.25) is 5.82 Å². The van der Waals surface area contributed by atoms with Crippen LogP contribution in [-0.4, -0.2) is 36.1 Å². The Morgan fingerprint density at radius 3 is 2.71 bits per heavy atom. The van der Waals surface area contributed by atoms with Crippen molar-refractivity contribution in [2.75, 3.05) is 0 Å². The summed E-state index contributed by atoms with van der Waals surface area (Å²) in [6.45, 7) is 4.45. The van der Waals surface area contributed by atoms with Gasteiger partial charge in [-0.15, -0.1) is 10.2 Å². The van der Waals surface area contributed by atoms with Crippen LogP contribution in [0.3, 0.4) is 0 Å². The van der Waals surface area contributed by atoms with Crippen molar-refractivity contribution in [1.82, 2.24) is 25.2 Å². The molecule has 0 amide bonds. The fraction of sp³-hybridized carbons (Fsp3) is 0.296. The first-order valence-corrected chi connectivity index (χ1v) is 11.8. The molecule has 0 radical (unpaired) electrons. The number of carbonyl (C=O) groups is 1. The van der Waals surface area contributed by atoms with Crippen molar-refractivity contribution in [2.45, 2.75) is 52.7 Å². The van der Waals surface area contributed by atoms with Crippen LogP contribution in [0.15, 0.2) is 60.9 Å². The van der Waals surface area contributed by atoms with E-state index in [0.29, 0.717) is 42.3 Å². The summed E-state index contributed by atoms with van der Waals surface area (Å²) in [7, 11) is 0. The zero-order valence-corrected chi connectivity index (χ0v) is 20.0. The van der Waals surface area contributed by atoms with Crippen LogP contribution in [0.1, 0.15) is 53.7 Å². The third kappa shape index (κ3) is 6.09. The first-order chi connectivity index (χ1) is 17.0. The number of aryl methyl sites for hydroxylation is 2. The molecular formula is C27H29N5O3. The number of pyridine rings is 1. The number of phenolic OH excluding ortho intramolecular Hbond substituents is 1. The normalized spacial score (nSPS) is 10.9. The lowest BCUT2D eigenvalue weighted by molar-refractivity contribution is 0.101. The molecule has 2 heterocycles. The molecule has 4 aromatic rings. The predicted octanol–water partition coefficient (Wildman–Crippen LogP) is 4.81. The van der Waals surface area contributed by atoms with Gasteiger partial charge in [-0.3, -0.25) is 9.78 Å². The van der Waals surface area contributed by atoms with E-state index in [1.807, 2.05) is 43.5 Å². The number of ether oxygens (including phenoxy) is 1. The van der Waals surface area contributed by atoms with E-state index in [1.165, 1.54) is 12.5 Å². The Kier molecular flexibility index (Phi) is 7.82. The summed E-state index contributed by atoms with van der Waals surface area (Å²) in [6, 6.07) is 15.2. The fourth-order valence-corrected chi connectivity index (χ4v) is 3.91. The number of carbonyl (C=O) groups excluding carboxylic acids is 1. The lowest BCUT2D eigenvalue weighted by Crippen LogP contribution is -2.04. The fourth-order valence-electron chi connectivity index (χ4n) is 3.91. The number of hydrogen-bond donors (Lipinski definition) is 1. The molecule has 0 bridgehead atoms. The summed E-state index contributed by atoms with van der Waals surface area (Å²) in [4.78, 5) is 17.5. The summed E-state index contributed by atoms with van der Waals surface area (Å²) in [5.74, 6) is 0.979. The largest absolute Gasteiger partial charge is 0.507 e. The average Bonchev–Trinajstić information content (AvgIpc) is 3.34. The maximum Gasteiger partial charge on any atom is 0.204 e. The van der Waals surface area contributed by atoms with Gasteiger partial charge in [-0.05, 0) is 66.8 Å². The van der Waals surface area contributed by atoms with Crippen LogP contribution in [0.2, 0.25) is 0 Å². The predicted molar refractivity (Wildman–Crippen MR) is 132 cm³/mol. The monoisotopic (exact) mass is 471 g/mol. The minimum atomic E-state index is -0.170. The van der Waals surface area contributed by atoms with E-state index >= 15 is 0 Å². The Hall–Kier alpha value is -4.07. The van der Waals surface area contributed by atoms with E-state index in [9.17, 15) is 9.90 Å². The Morgan fingerprint density at radius 1 is 1.09 bits per heavy atom. The number of ketones is 1. The lowest BCUT2D eigenvalue weighted by atomic mass is 10.0. The van der Waals surface area contributed by atoms with Gasteiger partial charge in [0.15, 0.2) is 5.78 Å². The number of tetrazole rings is 1. The number of nitrogens with zero attached hydrogens (tertiary/aromatic N) is 5. The summed E-state index contributed by atoms with van der Waals surface area (Å²) >= 11 is 0. The van der Waals surface area contributed by atoms with Crippen LogP contribution in [0.25, 0.3) is 11.4 Å². The quantitative estimate of drug-likeness (QED) is 0.313. The Bertz CT molecular complexity index is 1290. The molecular weight excluding hydrogens is 442 g/mol. The van der Waals surface area contributed by atoms with Crippen LogP contribution in [-0.2, 0) is 26.0 Å². The van der Waals surface area contributed by atoms with Crippen molar-refractivity contribution in [3.05, 3.63) is 83.2 Å². The second kappa shape index (κ2) is 11.4. The standard InChI is InChI=1S/C27H29N5O3/c1-3-7-24-25(13-12-23(19(2)33)26(24)34)35-18-21-8-4-11-22(16-21)27-29-31-32(30-27)15-6-10-20-9-5-14-28-17-20/h4-5,8-9,11-14,16-17,34H,3,6-7,10,15,18H2,1-2H3. The zero-order valence-electron chi connectivity index (χ0n) is 20.0. The molecule has 180 valence electrons. The zero-order chi connectivity index (χ0) is 24.6. The minimum Gasteiger partial charge on any atom is -0.507 e. The third-order valence-corrected chi connectivity index (χ3v) is 5.70. The molecule has 0 fully saturated rings. The SMILES string of the molecule is CCCc1c(OCc2cccc(-c3nnn(CCCc4cccnc4)n3)c2)ccc(C(C)=O)c1O. The van der Waals surface area contributed by atoms with E-state index in [1.54, 1.807) is 23.1 Å². The van der Waals surface area contributed by atoms with Gasteiger partial charge in [0, 0.05) is 23.5 Å². The highest BCUT2D eigenvalue weighted by Gasteiger charge is 2.16. The molecule has 8 nitrogen and oxygen atoms in total. The number of aromatic nitrogens is 5. The van der Waals surface area contributed by atoms with Gasteiger partial charge < -0.3 is 9.84 Å². The molecule has 2 aromatic carbocycles. The van der Waals surface area contributed by atoms with E-state index in [0.717, 1.165) is 30.4 Å². The van der Waals surface area contributed by atoms with Crippen molar-refractivity contribution in [3.63, 3.8) is 0 Å². The van der Waals surface area contributed by atoms with Crippen LogP contribution < -0.4 is 4.74 Å². The van der Waals surface area contributed by atoms with E-state index in [4.69, 9.17) is 4.74 Å². The molecule has 0 spiro atoms. The topological polar surface area (TPSA) is 103 Å². The van der Waals surface area contributed by atoms with Gasteiger partial charge in [0.1, 0.15) is 18.1 Å². The molecule has 1 N–H and O–H groups in total. The smallest absolute Gasteiger partial charge is 0.204 e. The molecule has 4 rings (SSSR count). The van der Waals surface area contributed by atoms with E-state index in [-0.39, 0.29) is 11.5 Å². The molecule has 0 aliphatic carbocycles. The molecule has 0 aliphatic rings. The Labute approximate surface area is 204 Å².